The van der Waals surface area contributed by atoms with Gasteiger partial charge in [-0.2, -0.15) is 0 Å². The second kappa shape index (κ2) is 11.1. The van der Waals surface area contributed by atoms with E-state index >= 15 is 0 Å². The molecular formula is C26H35N3O4. The molecule has 2 aromatic rings. The number of aryl methyl sites for hydroxylation is 2. The summed E-state index contributed by atoms with van der Waals surface area (Å²) in [7, 11) is 3.27. The van der Waals surface area contributed by atoms with Gasteiger partial charge in [0, 0.05) is 17.3 Å². The molecule has 3 amide bonds. The van der Waals surface area contributed by atoms with Crippen LogP contribution in [0.5, 0.6) is 11.5 Å². The molecule has 1 aliphatic heterocycles. The number of amides is 3. The predicted molar refractivity (Wildman–Crippen MR) is 131 cm³/mol. The van der Waals surface area contributed by atoms with Crippen LogP contribution in [-0.2, 0) is 11.3 Å². The van der Waals surface area contributed by atoms with Gasteiger partial charge in [0.2, 0.25) is 6.41 Å². The summed E-state index contributed by atoms with van der Waals surface area (Å²) in [6, 6.07) is 9.85. The van der Waals surface area contributed by atoms with Gasteiger partial charge in [0.25, 0.3) is 0 Å². The van der Waals surface area contributed by atoms with Crippen molar-refractivity contribution in [3.63, 3.8) is 0 Å². The fourth-order valence-electron chi connectivity index (χ4n) is 4.55. The van der Waals surface area contributed by atoms with Crippen molar-refractivity contribution >= 4 is 23.8 Å². The Bertz CT molecular complexity index is 984. The monoisotopic (exact) mass is 453 g/mol. The molecule has 0 saturated heterocycles. The van der Waals surface area contributed by atoms with Gasteiger partial charge in [0.15, 0.2) is 0 Å². The maximum atomic E-state index is 12.5. The van der Waals surface area contributed by atoms with Gasteiger partial charge in [0.05, 0.1) is 26.5 Å². The van der Waals surface area contributed by atoms with E-state index in [2.05, 4.69) is 30.5 Å². The summed E-state index contributed by atoms with van der Waals surface area (Å²) >= 11 is 0. The third kappa shape index (κ3) is 5.78. The van der Waals surface area contributed by atoms with E-state index in [0.29, 0.717) is 19.0 Å². The average molecular weight is 454 g/mol. The highest BCUT2D eigenvalue weighted by Crippen LogP contribution is 2.37. The van der Waals surface area contributed by atoms with Gasteiger partial charge in [-0.3, -0.25) is 4.79 Å². The fraction of sp³-hybridized carbons (Fsp3) is 0.462. The highest BCUT2D eigenvalue weighted by Gasteiger charge is 2.33. The number of urea groups is 1. The SMILES string of the molecule is COc1ccc(C)c2c1NC(=O)N(C1CCC(C)CC1)C2.COc1ccc(NC=O)cc1C. The molecular weight excluding hydrogens is 418 g/mol. The van der Waals surface area contributed by atoms with E-state index in [1.54, 1.807) is 20.3 Å². The molecule has 7 nitrogen and oxygen atoms in total. The highest BCUT2D eigenvalue weighted by atomic mass is 16.5. The summed E-state index contributed by atoms with van der Waals surface area (Å²) in [5.41, 5.74) is 5.03. The number of nitrogens with zero attached hydrogens (tertiary/aromatic N) is 1. The summed E-state index contributed by atoms with van der Waals surface area (Å²) in [6.45, 7) is 7.02. The summed E-state index contributed by atoms with van der Waals surface area (Å²) < 4.78 is 10.4. The van der Waals surface area contributed by atoms with E-state index in [0.717, 1.165) is 47.2 Å². The first-order chi connectivity index (χ1) is 15.9. The molecule has 2 aromatic carbocycles. The Labute approximate surface area is 196 Å². The number of carbonyl (C=O) groups is 2. The van der Waals surface area contributed by atoms with Gasteiger partial charge < -0.3 is 25.0 Å². The van der Waals surface area contributed by atoms with Crippen LogP contribution < -0.4 is 20.1 Å². The Morgan fingerprint density at radius 2 is 1.67 bits per heavy atom. The van der Waals surface area contributed by atoms with Crippen LogP contribution >= 0.6 is 0 Å². The number of benzene rings is 2. The van der Waals surface area contributed by atoms with Gasteiger partial charge in [0.1, 0.15) is 11.5 Å². The van der Waals surface area contributed by atoms with E-state index in [9.17, 15) is 9.59 Å². The van der Waals surface area contributed by atoms with E-state index in [1.807, 2.05) is 30.0 Å². The van der Waals surface area contributed by atoms with Crippen LogP contribution in [0.25, 0.3) is 0 Å². The number of nitrogens with one attached hydrogen (secondary N) is 2. The second-order valence-electron chi connectivity index (χ2n) is 8.86. The molecule has 1 heterocycles. The number of ether oxygens (including phenoxy) is 2. The number of hydrogen-bond donors (Lipinski definition) is 2. The van der Waals surface area contributed by atoms with Crippen molar-refractivity contribution in [2.24, 2.45) is 5.92 Å². The number of methoxy groups -OCH3 is 2. The van der Waals surface area contributed by atoms with Crippen LogP contribution in [0.3, 0.4) is 0 Å². The molecule has 0 radical (unpaired) electrons. The van der Waals surface area contributed by atoms with Crippen molar-refractivity contribution in [3.8, 4) is 11.5 Å². The lowest BCUT2D eigenvalue weighted by molar-refractivity contribution is -0.105. The van der Waals surface area contributed by atoms with Crippen LogP contribution in [-0.4, -0.2) is 37.6 Å². The Hall–Kier alpha value is -3.22. The molecule has 2 aliphatic rings. The molecule has 0 atom stereocenters. The minimum Gasteiger partial charge on any atom is -0.496 e. The molecule has 7 heteroatoms. The van der Waals surface area contributed by atoms with Gasteiger partial charge in [-0.15, -0.1) is 0 Å². The zero-order valence-electron chi connectivity index (χ0n) is 20.2. The molecule has 0 bridgehead atoms. The molecule has 0 spiro atoms. The van der Waals surface area contributed by atoms with E-state index in [1.165, 1.54) is 24.0 Å². The van der Waals surface area contributed by atoms with Crippen LogP contribution in [0.15, 0.2) is 30.3 Å². The number of rotatable bonds is 5. The van der Waals surface area contributed by atoms with Crippen molar-refractivity contribution in [2.75, 3.05) is 24.9 Å². The maximum Gasteiger partial charge on any atom is 0.322 e. The van der Waals surface area contributed by atoms with Crippen molar-refractivity contribution in [2.45, 2.75) is 59.0 Å². The molecule has 1 aliphatic carbocycles. The first-order valence-electron chi connectivity index (χ1n) is 11.5. The number of hydrogen-bond acceptors (Lipinski definition) is 4. The first kappa shape index (κ1) is 24.4. The van der Waals surface area contributed by atoms with E-state index < -0.39 is 0 Å². The van der Waals surface area contributed by atoms with E-state index in [4.69, 9.17) is 9.47 Å². The minimum atomic E-state index is 0.0194. The Morgan fingerprint density at radius 1 is 1.00 bits per heavy atom. The lowest BCUT2D eigenvalue weighted by atomic mass is 9.86. The van der Waals surface area contributed by atoms with Crippen molar-refractivity contribution in [3.05, 3.63) is 47.0 Å². The van der Waals surface area contributed by atoms with Crippen molar-refractivity contribution in [1.82, 2.24) is 4.90 Å². The van der Waals surface area contributed by atoms with Crippen LogP contribution in [0, 0.1) is 19.8 Å². The predicted octanol–water partition coefficient (Wildman–Crippen LogP) is 5.50. The van der Waals surface area contributed by atoms with Crippen LogP contribution in [0.1, 0.15) is 49.3 Å². The third-order valence-electron chi connectivity index (χ3n) is 6.60. The topological polar surface area (TPSA) is 79.9 Å². The average Bonchev–Trinajstić information content (AvgIpc) is 2.81. The fourth-order valence-corrected chi connectivity index (χ4v) is 4.55. The normalized spacial score (nSPS) is 19.4. The zero-order chi connectivity index (χ0) is 24.0. The number of fused-ring (bicyclic) bond motifs is 1. The molecule has 178 valence electrons. The molecule has 1 saturated carbocycles. The largest absolute Gasteiger partial charge is 0.496 e. The van der Waals surface area contributed by atoms with Crippen LogP contribution in [0.2, 0.25) is 0 Å². The summed E-state index contributed by atoms with van der Waals surface area (Å²) in [5.74, 6) is 2.37. The van der Waals surface area contributed by atoms with Crippen molar-refractivity contribution in [1.29, 1.82) is 0 Å². The van der Waals surface area contributed by atoms with Gasteiger partial charge in [-0.25, -0.2) is 4.79 Å². The smallest absolute Gasteiger partial charge is 0.322 e. The summed E-state index contributed by atoms with van der Waals surface area (Å²) in [5, 5.41) is 5.60. The lowest BCUT2D eigenvalue weighted by Gasteiger charge is -2.39. The Morgan fingerprint density at radius 3 is 2.27 bits per heavy atom. The second-order valence-corrected chi connectivity index (χ2v) is 8.86. The Kier molecular flexibility index (Phi) is 8.20. The standard InChI is InChI=1S/C17H24N2O2.C9H11NO2/c1-11-4-7-13(8-5-11)19-10-14-12(2)6-9-15(21-3)16(14)18-17(19)20;1-7-5-8(10-6-11)3-4-9(7)12-2/h6,9,11,13H,4-5,7-8,10H2,1-3H3,(H,18,20);3-6H,1-2H3,(H,10,11). The van der Waals surface area contributed by atoms with Crippen molar-refractivity contribution < 1.29 is 19.1 Å². The number of anilines is 2. The van der Waals surface area contributed by atoms with Gasteiger partial charge in [-0.05, 0) is 80.8 Å². The third-order valence-corrected chi connectivity index (χ3v) is 6.60. The molecule has 1 fully saturated rings. The van der Waals surface area contributed by atoms with Gasteiger partial charge in [-0.1, -0.05) is 13.0 Å². The highest BCUT2D eigenvalue weighted by molar-refractivity contribution is 5.94. The first-order valence-corrected chi connectivity index (χ1v) is 11.5. The molecule has 4 rings (SSSR count). The zero-order valence-corrected chi connectivity index (χ0v) is 20.2. The number of carbonyl (C=O) groups excluding carboxylic acids is 2. The quantitative estimate of drug-likeness (QED) is 0.586. The van der Waals surface area contributed by atoms with E-state index in [-0.39, 0.29) is 6.03 Å². The molecule has 33 heavy (non-hydrogen) atoms. The van der Waals surface area contributed by atoms with Crippen LogP contribution in [0.4, 0.5) is 16.2 Å². The summed E-state index contributed by atoms with van der Waals surface area (Å²) in [4.78, 5) is 24.6. The minimum absolute atomic E-state index is 0.0194. The molecule has 0 unspecified atom stereocenters. The van der Waals surface area contributed by atoms with Gasteiger partial charge >= 0.3 is 6.03 Å². The Balaban J connectivity index is 0.000000218. The molecule has 2 N–H and O–H groups in total. The molecule has 0 aromatic heterocycles. The maximum absolute atomic E-state index is 12.5. The lowest BCUT2D eigenvalue weighted by Crippen LogP contribution is -2.46. The summed E-state index contributed by atoms with van der Waals surface area (Å²) in [6.07, 6.45) is 5.33.